The largest absolute Gasteiger partial charge is 0.493 e. The molecule has 4 heteroatoms. The Bertz CT molecular complexity index is 535. The summed E-state index contributed by atoms with van der Waals surface area (Å²) >= 11 is 0. The third-order valence-corrected chi connectivity index (χ3v) is 2.87. The minimum Gasteiger partial charge on any atom is -0.493 e. The zero-order valence-corrected chi connectivity index (χ0v) is 12.3. The second-order valence-electron chi connectivity index (χ2n) is 5.14. The van der Waals surface area contributed by atoms with Crippen molar-refractivity contribution in [2.45, 2.75) is 27.3 Å². The third kappa shape index (κ3) is 3.84. The van der Waals surface area contributed by atoms with Crippen molar-refractivity contribution in [3.8, 4) is 17.1 Å². The van der Waals surface area contributed by atoms with E-state index in [9.17, 15) is 0 Å². The van der Waals surface area contributed by atoms with Crippen LogP contribution in [-0.4, -0.2) is 18.3 Å². The van der Waals surface area contributed by atoms with E-state index in [1.807, 2.05) is 37.3 Å². The quantitative estimate of drug-likeness (QED) is 0.839. The van der Waals surface area contributed by atoms with Gasteiger partial charge in [-0.15, -0.1) is 0 Å². The van der Waals surface area contributed by atoms with Crippen molar-refractivity contribution in [2.24, 2.45) is 5.92 Å². The Morgan fingerprint density at radius 3 is 2.85 bits per heavy atom. The van der Waals surface area contributed by atoms with Crippen LogP contribution in [0.15, 0.2) is 34.9 Å². The molecule has 1 N–H and O–H groups in total. The molecule has 0 fully saturated rings. The lowest BCUT2D eigenvalue weighted by Crippen LogP contribution is -2.18. The summed E-state index contributed by atoms with van der Waals surface area (Å²) in [5.41, 5.74) is 1.85. The molecule has 0 bridgehead atoms. The molecule has 1 aromatic carbocycles. The van der Waals surface area contributed by atoms with E-state index in [1.54, 1.807) is 0 Å². The van der Waals surface area contributed by atoms with Crippen LogP contribution >= 0.6 is 0 Å². The molecule has 2 rings (SSSR count). The summed E-state index contributed by atoms with van der Waals surface area (Å²) in [6.45, 7) is 8.65. The summed E-state index contributed by atoms with van der Waals surface area (Å²) in [5, 5.41) is 7.45. The van der Waals surface area contributed by atoms with Gasteiger partial charge in [0.25, 0.3) is 0 Å². The zero-order chi connectivity index (χ0) is 14.4. The Morgan fingerprint density at radius 1 is 1.30 bits per heavy atom. The summed E-state index contributed by atoms with van der Waals surface area (Å²) in [6.07, 6.45) is 0. The summed E-state index contributed by atoms with van der Waals surface area (Å²) in [4.78, 5) is 0. The van der Waals surface area contributed by atoms with E-state index in [0.717, 1.165) is 35.9 Å². The molecule has 20 heavy (non-hydrogen) atoms. The van der Waals surface area contributed by atoms with Crippen LogP contribution in [0, 0.1) is 5.92 Å². The minimum atomic E-state index is 0.625. The predicted octanol–water partition coefficient (Wildman–Crippen LogP) is 3.49. The van der Waals surface area contributed by atoms with E-state index in [1.165, 1.54) is 0 Å². The Balaban J connectivity index is 2.08. The van der Waals surface area contributed by atoms with Crippen molar-refractivity contribution in [1.82, 2.24) is 10.5 Å². The van der Waals surface area contributed by atoms with E-state index in [4.69, 9.17) is 9.26 Å². The molecule has 0 saturated heterocycles. The lowest BCUT2D eigenvalue weighted by Gasteiger charge is -2.06. The summed E-state index contributed by atoms with van der Waals surface area (Å²) in [5.74, 6) is 2.20. The Hall–Kier alpha value is -1.81. The van der Waals surface area contributed by atoms with Gasteiger partial charge >= 0.3 is 0 Å². The van der Waals surface area contributed by atoms with Crippen molar-refractivity contribution < 1.29 is 9.26 Å². The maximum absolute atomic E-state index is 5.61. The van der Waals surface area contributed by atoms with Crippen molar-refractivity contribution >= 4 is 0 Å². The highest BCUT2D eigenvalue weighted by atomic mass is 16.5. The van der Waals surface area contributed by atoms with Crippen LogP contribution in [-0.2, 0) is 6.54 Å². The van der Waals surface area contributed by atoms with E-state index < -0.39 is 0 Å². The van der Waals surface area contributed by atoms with Crippen LogP contribution < -0.4 is 10.1 Å². The summed E-state index contributed by atoms with van der Waals surface area (Å²) < 4.78 is 11.0. The first kappa shape index (κ1) is 14.6. The lowest BCUT2D eigenvalue weighted by atomic mass is 10.1. The predicted molar refractivity (Wildman–Crippen MR) is 79.7 cm³/mol. The van der Waals surface area contributed by atoms with Crippen LogP contribution in [0.3, 0.4) is 0 Å². The monoisotopic (exact) mass is 274 g/mol. The fourth-order valence-corrected chi connectivity index (χ4v) is 1.96. The van der Waals surface area contributed by atoms with E-state index in [0.29, 0.717) is 12.5 Å². The van der Waals surface area contributed by atoms with Crippen molar-refractivity contribution in [2.75, 3.05) is 13.2 Å². The minimum absolute atomic E-state index is 0.625. The molecule has 0 radical (unpaired) electrons. The van der Waals surface area contributed by atoms with Gasteiger partial charge in [0.2, 0.25) is 0 Å². The SMILES string of the molecule is CCOc1ccccc1-c1cc(CNCC(C)C)no1. The molecule has 0 amide bonds. The number of rotatable bonds is 7. The summed E-state index contributed by atoms with van der Waals surface area (Å²) in [7, 11) is 0. The molecule has 2 aromatic rings. The fourth-order valence-electron chi connectivity index (χ4n) is 1.96. The van der Waals surface area contributed by atoms with Crippen molar-refractivity contribution in [3.05, 3.63) is 36.0 Å². The number of nitrogens with zero attached hydrogens (tertiary/aromatic N) is 1. The van der Waals surface area contributed by atoms with Gasteiger partial charge in [-0.05, 0) is 31.5 Å². The first-order chi connectivity index (χ1) is 9.70. The molecule has 0 aliphatic rings. The molecule has 0 unspecified atom stereocenters. The van der Waals surface area contributed by atoms with Gasteiger partial charge in [-0.2, -0.15) is 0 Å². The van der Waals surface area contributed by atoms with Crippen molar-refractivity contribution in [3.63, 3.8) is 0 Å². The molecule has 1 heterocycles. The number of hydrogen-bond acceptors (Lipinski definition) is 4. The lowest BCUT2D eigenvalue weighted by molar-refractivity contribution is 0.339. The third-order valence-electron chi connectivity index (χ3n) is 2.87. The maximum Gasteiger partial charge on any atom is 0.170 e. The van der Waals surface area contributed by atoms with Crippen LogP contribution in [0.4, 0.5) is 0 Å². The van der Waals surface area contributed by atoms with Gasteiger partial charge in [0.1, 0.15) is 5.75 Å². The Kier molecular flexibility index (Phi) is 5.18. The highest BCUT2D eigenvalue weighted by molar-refractivity contribution is 5.65. The molecule has 0 atom stereocenters. The van der Waals surface area contributed by atoms with E-state index in [2.05, 4.69) is 24.3 Å². The highest BCUT2D eigenvalue weighted by Crippen LogP contribution is 2.30. The van der Waals surface area contributed by atoms with Gasteiger partial charge in [0.05, 0.1) is 17.9 Å². The van der Waals surface area contributed by atoms with Crippen LogP contribution in [0.2, 0.25) is 0 Å². The smallest absolute Gasteiger partial charge is 0.170 e. The normalized spacial score (nSPS) is 11.0. The molecule has 0 saturated carbocycles. The van der Waals surface area contributed by atoms with Gasteiger partial charge in [0, 0.05) is 12.6 Å². The van der Waals surface area contributed by atoms with Gasteiger partial charge in [0.15, 0.2) is 5.76 Å². The van der Waals surface area contributed by atoms with Crippen LogP contribution in [0.1, 0.15) is 26.5 Å². The molecule has 0 spiro atoms. The first-order valence-electron chi connectivity index (χ1n) is 7.09. The Labute approximate surface area is 120 Å². The van der Waals surface area contributed by atoms with E-state index >= 15 is 0 Å². The molecular formula is C16H22N2O2. The van der Waals surface area contributed by atoms with Gasteiger partial charge in [-0.1, -0.05) is 31.1 Å². The second-order valence-corrected chi connectivity index (χ2v) is 5.14. The first-order valence-corrected chi connectivity index (χ1v) is 7.09. The van der Waals surface area contributed by atoms with Gasteiger partial charge in [-0.3, -0.25) is 0 Å². The van der Waals surface area contributed by atoms with Gasteiger partial charge < -0.3 is 14.6 Å². The average Bonchev–Trinajstić information content (AvgIpc) is 2.88. The molecule has 4 nitrogen and oxygen atoms in total. The number of ether oxygens (including phenoxy) is 1. The van der Waals surface area contributed by atoms with Crippen molar-refractivity contribution in [1.29, 1.82) is 0 Å². The fraction of sp³-hybridized carbons (Fsp3) is 0.438. The molecule has 0 aliphatic carbocycles. The number of nitrogens with one attached hydrogen (secondary N) is 1. The number of para-hydroxylation sites is 1. The highest BCUT2D eigenvalue weighted by Gasteiger charge is 2.11. The average molecular weight is 274 g/mol. The Morgan fingerprint density at radius 2 is 2.10 bits per heavy atom. The van der Waals surface area contributed by atoms with E-state index in [-0.39, 0.29) is 0 Å². The number of benzene rings is 1. The van der Waals surface area contributed by atoms with Crippen LogP contribution in [0.5, 0.6) is 5.75 Å². The number of hydrogen-bond donors (Lipinski definition) is 1. The van der Waals surface area contributed by atoms with Crippen LogP contribution in [0.25, 0.3) is 11.3 Å². The number of aromatic nitrogens is 1. The topological polar surface area (TPSA) is 47.3 Å². The molecule has 1 aromatic heterocycles. The molecular weight excluding hydrogens is 252 g/mol. The van der Waals surface area contributed by atoms with Gasteiger partial charge in [-0.25, -0.2) is 0 Å². The molecule has 0 aliphatic heterocycles. The second kappa shape index (κ2) is 7.10. The zero-order valence-electron chi connectivity index (χ0n) is 12.3. The summed E-state index contributed by atoms with van der Waals surface area (Å²) in [6, 6.07) is 9.81. The maximum atomic E-state index is 5.61. The molecule has 108 valence electrons. The standard InChI is InChI=1S/C16H22N2O2/c1-4-19-15-8-6-5-7-14(15)16-9-13(18-20-16)11-17-10-12(2)3/h5-9,12,17H,4,10-11H2,1-3H3.